The molecule has 1 heterocycles. The molecule has 154 valence electrons. The van der Waals surface area contributed by atoms with Crippen molar-refractivity contribution in [1.82, 2.24) is 20.4 Å². The number of benzene rings is 1. The summed E-state index contributed by atoms with van der Waals surface area (Å²) in [6.45, 7) is 7.62. The largest absolute Gasteiger partial charge is 0.357 e. The molecule has 1 saturated heterocycles. The van der Waals surface area contributed by atoms with E-state index < -0.39 is 5.54 Å². The highest BCUT2D eigenvalue weighted by Gasteiger charge is 2.45. The summed E-state index contributed by atoms with van der Waals surface area (Å²) in [5.41, 5.74) is 0.0479. The average Bonchev–Trinajstić information content (AvgIpc) is 2.87. The normalized spacial score (nSPS) is 19.8. The summed E-state index contributed by atoms with van der Waals surface area (Å²) in [4.78, 5) is 32.2. The van der Waals surface area contributed by atoms with Gasteiger partial charge in [0.2, 0.25) is 0 Å². The molecule has 28 heavy (non-hydrogen) atoms. The van der Waals surface area contributed by atoms with Gasteiger partial charge in [-0.05, 0) is 44.4 Å². The minimum absolute atomic E-state index is 0.181. The molecular formula is C20H30FN5O2. The standard InChI is InChI=1S/C20H30FN5O2/c1-5-20(3)17(27)26(19(28)24-20)12-8-11-23-18(22-6-2)25(4)14-15-9-7-10-16(21)13-15/h7,9-10,13H,5-6,8,11-12,14H2,1-4H3,(H,22,23)(H,24,28). The molecule has 0 bridgehead atoms. The first-order valence-electron chi connectivity index (χ1n) is 9.68. The van der Waals surface area contributed by atoms with Crippen molar-refractivity contribution in [2.24, 2.45) is 4.99 Å². The highest BCUT2D eigenvalue weighted by molar-refractivity contribution is 6.06. The Morgan fingerprint density at radius 3 is 2.71 bits per heavy atom. The minimum Gasteiger partial charge on any atom is -0.357 e. The molecule has 0 spiro atoms. The van der Waals surface area contributed by atoms with Gasteiger partial charge in [-0.15, -0.1) is 0 Å². The maximum absolute atomic E-state index is 13.4. The van der Waals surface area contributed by atoms with Crippen molar-refractivity contribution < 1.29 is 14.0 Å². The maximum Gasteiger partial charge on any atom is 0.325 e. The number of hydrogen-bond acceptors (Lipinski definition) is 3. The highest BCUT2D eigenvalue weighted by Crippen LogP contribution is 2.20. The minimum atomic E-state index is -0.805. The van der Waals surface area contributed by atoms with E-state index in [2.05, 4.69) is 15.6 Å². The van der Waals surface area contributed by atoms with Crippen LogP contribution in [0.2, 0.25) is 0 Å². The van der Waals surface area contributed by atoms with Crippen LogP contribution in [0.15, 0.2) is 29.3 Å². The Morgan fingerprint density at radius 1 is 1.36 bits per heavy atom. The molecule has 3 amide bonds. The van der Waals surface area contributed by atoms with Gasteiger partial charge in [0.25, 0.3) is 5.91 Å². The topological polar surface area (TPSA) is 77.0 Å². The number of carbonyl (C=O) groups is 2. The summed E-state index contributed by atoms with van der Waals surface area (Å²) in [6.07, 6.45) is 1.13. The van der Waals surface area contributed by atoms with Gasteiger partial charge in [0.1, 0.15) is 11.4 Å². The van der Waals surface area contributed by atoms with Crippen LogP contribution in [0.1, 0.15) is 39.2 Å². The van der Waals surface area contributed by atoms with E-state index in [4.69, 9.17) is 0 Å². The van der Waals surface area contributed by atoms with Gasteiger partial charge >= 0.3 is 6.03 Å². The summed E-state index contributed by atoms with van der Waals surface area (Å²) in [7, 11) is 1.89. The molecule has 0 radical (unpaired) electrons. The van der Waals surface area contributed by atoms with Gasteiger partial charge in [-0.1, -0.05) is 19.1 Å². The van der Waals surface area contributed by atoms with Crippen molar-refractivity contribution in [3.63, 3.8) is 0 Å². The lowest BCUT2D eigenvalue weighted by molar-refractivity contribution is -0.130. The first kappa shape index (κ1) is 21.7. The predicted molar refractivity (Wildman–Crippen MR) is 107 cm³/mol. The molecule has 7 nitrogen and oxygen atoms in total. The molecule has 2 N–H and O–H groups in total. The van der Waals surface area contributed by atoms with Gasteiger partial charge < -0.3 is 15.5 Å². The van der Waals surface area contributed by atoms with Crippen LogP contribution in [0.5, 0.6) is 0 Å². The first-order chi connectivity index (χ1) is 13.3. The van der Waals surface area contributed by atoms with Crippen LogP contribution in [-0.4, -0.2) is 59.9 Å². The van der Waals surface area contributed by atoms with Crippen molar-refractivity contribution in [2.45, 2.75) is 45.7 Å². The van der Waals surface area contributed by atoms with Gasteiger partial charge in [-0.2, -0.15) is 0 Å². The van der Waals surface area contributed by atoms with Crippen LogP contribution in [0, 0.1) is 5.82 Å². The number of rotatable bonds is 8. The van der Waals surface area contributed by atoms with Gasteiger partial charge in [0.15, 0.2) is 5.96 Å². The van der Waals surface area contributed by atoms with E-state index >= 15 is 0 Å². The summed E-state index contributed by atoms with van der Waals surface area (Å²) >= 11 is 0. The summed E-state index contributed by atoms with van der Waals surface area (Å²) in [6, 6.07) is 6.13. The molecule has 1 aliphatic rings. The van der Waals surface area contributed by atoms with E-state index in [-0.39, 0.29) is 17.8 Å². The zero-order valence-corrected chi connectivity index (χ0v) is 17.1. The lowest BCUT2D eigenvalue weighted by atomic mass is 9.99. The average molecular weight is 391 g/mol. The van der Waals surface area contributed by atoms with E-state index in [0.29, 0.717) is 45.0 Å². The molecule has 0 aromatic heterocycles. The molecule has 8 heteroatoms. The van der Waals surface area contributed by atoms with E-state index in [0.717, 1.165) is 5.56 Å². The molecule has 0 aliphatic carbocycles. The summed E-state index contributed by atoms with van der Waals surface area (Å²) in [5.74, 6) is 0.252. The lowest BCUT2D eigenvalue weighted by Gasteiger charge is -2.22. The van der Waals surface area contributed by atoms with Crippen LogP contribution in [-0.2, 0) is 11.3 Å². The van der Waals surface area contributed by atoms with Crippen molar-refractivity contribution in [3.05, 3.63) is 35.6 Å². The number of nitrogens with one attached hydrogen (secondary N) is 2. The fraction of sp³-hybridized carbons (Fsp3) is 0.550. The zero-order chi connectivity index (χ0) is 20.7. The van der Waals surface area contributed by atoms with Gasteiger partial charge in [0.05, 0.1) is 0 Å². The molecule has 1 aromatic rings. The smallest absolute Gasteiger partial charge is 0.325 e. The zero-order valence-electron chi connectivity index (χ0n) is 17.1. The third-order valence-electron chi connectivity index (χ3n) is 4.86. The number of hydrogen-bond donors (Lipinski definition) is 2. The van der Waals surface area contributed by atoms with E-state index in [1.807, 2.05) is 31.9 Å². The number of carbonyl (C=O) groups excluding carboxylic acids is 2. The molecule has 2 rings (SSSR count). The second kappa shape index (κ2) is 9.52. The fourth-order valence-electron chi connectivity index (χ4n) is 3.06. The number of aliphatic imine (C=N–C) groups is 1. The fourth-order valence-corrected chi connectivity index (χ4v) is 3.06. The monoisotopic (exact) mass is 391 g/mol. The summed E-state index contributed by atoms with van der Waals surface area (Å²) in [5, 5.41) is 5.96. The molecule has 0 saturated carbocycles. The van der Waals surface area contributed by atoms with E-state index in [1.165, 1.54) is 17.0 Å². The number of nitrogens with zero attached hydrogens (tertiary/aromatic N) is 3. The summed E-state index contributed by atoms with van der Waals surface area (Å²) < 4.78 is 13.4. The van der Waals surface area contributed by atoms with E-state index in [1.54, 1.807) is 13.0 Å². The van der Waals surface area contributed by atoms with Crippen LogP contribution >= 0.6 is 0 Å². The predicted octanol–water partition coefficient (Wildman–Crippen LogP) is 2.33. The Bertz CT molecular complexity index is 739. The van der Waals surface area contributed by atoms with Crippen LogP contribution < -0.4 is 10.6 Å². The lowest BCUT2D eigenvalue weighted by Crippen LogP contribution is -2.43. The molecule has 1 unspecified atom stereocenters. The van der Waals surface area contributed by atoms with Crippen LogP contribution in [0.25, 0.3) is 0 Å². The number of guanidine groups is 1. The molecule has 1 fully saturated rings. The Morgan fingerprint density at radius 2 is 2.11 bits per heavy atom. The van der Waals surface area contributed by atoms with Crippen molar-refractivity contribution >= 4 is 17.9 Å². The molecule has 1 atom stereocenters. The van der Waals surface area contributed by atoms with Crippen molar-refractivity contribution in [1.29, 1.82) is 0 Å². The quantitative estimate of drug-likeness (QED) is 0.309. The van der Waals surface area contributed by atoms with Crippen molar-refractivity contribution in [3.8, 4) is 0 Å². The number of urea groups is 1. The molecule has 1 aliphatic heterocycles. The van der Waals surface area contributed by atoms with Gasteiger partial charge in [-0.25, -0.2) is 9.18 Å². The number of imide groups is 1. The number of halogens is 1. The highest BCUT2D eigenvalue weighted by atomic mass is 19.1. The third-order valence-corrected chi connectivity index (χ3v) is 4.86. The van der Waals surface area contributed by atoms with Gasteiger partial charge in [0, 0.05) is 33.2 Å². The number of amides is 3. The van der Waals surface area contributed by atoms with E-state index in [9.17, 15) is 14.0 Å². The second-order valence-corrected chi connectivity index (χ2v) is 7.15. The molecule has 1 aromatic carbocycles. The van der Waals surface area contributed by atoms with Crippen molar-refractivity contribution in [2.75, 3.05) is 26.7 Å². The Kier molecular flexibility index (Phi) is 7.37. The van der Waals surface area contributed by atoms with Crippen LogP contribution in [0.4, 0.5) is 9.18 Å². The Balaban J connectivity index is 1.92. The van der Waals surface area contributed by atoms with Crippen LogP contribution in [0.3, 0.4) is 0 Å². The maximum atomic E-state index is 13.4. The Labute approximate surface area is 166 Å². The molecular weight excluding hydrogens is 361 g/mol. The Hall–Kier alpha value is -2.64. The first-order valence-corrected chi connectivity index (χ1v) is 9.68. The van der Waals surface area contributed by atoms with Gasteiger partial charge in [-0.3, -0.25) is 14.7 Å². The third kappa shape index (κ3) is 5.21. The SMILES string of the molecule is CCNC(=NCCCN1C(=O)NC(C)(CC)C1=O)N(C)Cc1cccc(F)c1. The second-order valence-electron chi connectivity index (χ2n) is 7.15.